The minimum atomic E-state index is -0.809. The highest BCUT2D eigenvalue weighted by molar-refractivity contribution is 5.94. The number of aliphatic carboxylic acids is 1. The molecule has 3 amide bonds. The fourth-order valence-corrected chi connectivity index (χ4v) is 3.60. The van der Waals surface area contributed by atoms with Gasteiger partial charge in [-0.3, -0.25) is 19.8 Å². The van der Waals surface area contributed by atoms with Crippen molar-refractivity contribution in [1.82, 2.24) is 15.5 Å². The molecular formula is C14H24ClN3O4. The summed E-state index contributed by atoms with van der Waals surface area (Å²) in [5.74, 6) is -0.754. The number of carboxylic acids is 1. The van der Waals surface area contributed by atoms with Crippen LogP contribution in [0.15, 0.2) is 0 Å². The molecule has 126 valence electrons. The second-order valence-corrected chi connectivity index (χ2v) is 5.82. The third kappa shape index (κ3) is 4.33. The molecule has 8 heteroatoms. The Hall–Kier alpha value is -1.34. The average Bonchev–Trinajstić information content (AvgIpc) is 2.84. The van der Waals surface area contributed by atoms with Gasteiger partial charge in [-0.25, -0.2) is 4.79 Å². The van der Waals surface area contributed by atoms with Crippen LogP contribution in [0.5, 0.6) is 0 Å². The predicted molar refractivity (Wildman–Crippen MR) is 83.0 cm³/mol. The van der Waals surface area contributed by atoms with Crippen LogP contribution in [0, 0.1) is 5.92 Å². The Morgan fingerprint density at radius 3 is 2.55 bits per heavy atom. The Morgan fingerprint density at radius 1 is 1.23 bits per heavy atom. The summed E-state index contributed by atoms with van der Waals surface area (Å²) in [5, 5.41) is 13.9. The monoisotopic (exact) mass is 333 g/mol. The van der Waals surface area contributed by atoms with Gasteiger partial charge < -0.3 is 10.4 Å². The Morgan fingerprint density at radius 2 is 1.91 bits per heavy atom. The summed E-state index contributed by atoms with van der Waals surface area (Å²) in [5.41, 5.74) is 0. The number of carboxylic acid groups (broad SMARTS) is 1. The van der Waals surface area contributed by atoms with Gasteiger partial charge >= 0.3 is 12.0 Å². The van der Waals surface area contributed by atoms with Gasteiger partial charge in [0.2, 0.25) is 5.91 Å². The van der Waals surface area contributed by atoms with E-state index in [0.717, 1.165) is 19.3 Å². The molecule has 1 heterocycles. The van der Waals surface area contributed by atoms with Crippen molar-refractivity contribution in [3.8, 4) is 0 Å². The fourth-order valence-electron chi connectivity index (χ4n) is 3.60. The van der Waals surface area contributed by atoms with E-state index in [-0.39, 0.29) is 30.8 Å². The molecule has 1 saturated carbocycles. The molecule has 1 aliphatic carbocycles. The maximum Gasteiger partial charge on any atom is 0.321 e. The minimum Gasteiger partial charge on any atom is -0.480 e. The van der Waals surface area contributed by atoms with E-state index < -0.39 is 18.0 Å². The number of nitrogens with zero attached hydrogens (tertiary/aromatic N) is 1. The lowest BCUT2D eigenvalue weighted by molar-refractivity contribution is -0.143. The molecule has 2 fully saturated rings. The highest BCUT2D eigenvalue weighted by Gasteiger charge is 2.44. The Kier molecular flexibility index (Phi) is 7.09. The fraction of sp³-hybridized carbons (Fsp3) is 0.786. The number of halogens is 1. The lowest BCUT2D eigenvalue weighted by atomic mass is 9.85. The molecule has 3 unspecified atom stereocenters. The molecule has 7 nitrogen and oxygen atoms in total. The first-order valence-corrected chi connectivity index (χ1v) is 7.53. The van der Waals surface area contributed by atoms with Gasteiger partial charge in [0.15, 0.2) is 0 Å². The lowest BCUT2D eigenvalue weighted by Gasteiger charge is -2.32. The molecular weight excluding hydrogens is 310 g/mol. The van der Waals surface area contributed by atoms with Crippen LogP contribution < -0.4 is 10.6 Å². The summed E-state index contributed by atoms with van der Waals surface area (Å²) in [6, 6.07) is -0.759. The summed E-state index contributed by atoms with van der Waals surface area (Å²) in [6.07, 6.45) is 5.19. The zero-order valence-electron chi connectivity index (χ0n) is 12.7. The van der Waals surface area contributed by atoms with Crippen molar-refractivity contribution in [2.24, 2.45) is 5.92 Å². The number of carbonyl (C=O) groups excluding carboxylic acids is 2. The van der Waals surface area contributed by atoms with E-state index in [1.54, 1.807) is 0 Å². The zero-order valence-corrected chi connectivity index (χ0v) is 13.5. The molecule has 2 aliphatic rings. The molecule has 0 aromatic carbocycles. The average molecular weight is 334 g/mol. The second-order valence-electron chi connectivity index (χ2n) is 5.82. The van der Waals surface area contributed by atoms with Crippen LogP contribution in [0.1, 0.15) is 38.5 Å². The highest BCUT2D eigenvalue weighted by atomic mass is 35.5. The van der Waals surface area contributed by atoms with Crippen LogP contribution in [0.2, 0.25) is 0 Å². The van der Waals surface area contributed by atoms with Gasteiger partial charge in [-0.2, -0.15) is 0 Å². The number of fused-ring (bicyclic) bond motifs is 1. The second kappa shape index (κ2) is 8.33. The van der Waals surface area contributed by atoms with Crippen molar-refractivity contribution < 1.29 is 19.5 Å². The Labute approximate surface area is 136 Å². The van der Waals surface area contributed by atoms with E-state index >= 15 is 0 Å². The molecule has 1 saturated heterocycles. The predicted octanol–water partition coefficient (Wildman–Crippen LogP) is 0.972. The van der Waals surface area contributed by atoms with Crippen molar-refractivity contribution >= 4 is 30.3 Å². The first kappa shape index (κ1) is 18.7. The van der Waals surface area contributed by atoms with Crippen LogP contribution in [0.3, 0.4) is 0 Å². The molecule has 0 spiro atoms. The zero-order chi connectivity index (χ0) is 15.4. The third-order valence-electron chi connectivity index (χ3n) is 4.58. The number of hydrogen-bond acceptors (Lipinski definition) is 4. The topological polar surface area (TPSA) is 98.7 Å². The number of amides is 3. The number of nitrogens with one attached hydrogen (secondary N) is 2. The van der Waals surface area contributed by atoms with E-state index in [1.807, 2.05) is 4.90 Å². The largest absolute Gasteiger partial charge is 0.480 e. The summed E-state index contributed by atoms with van der Waals surface area (Å²) >= 11 is 0. The maximum absolute atomic E-state index is 11.7. The van der Waals surface area contributed by atoms with E-state index in [2.05, 4.69) is 10.6 Å². The molecule has 0 aromatic heterocycles. The Bertz CT molecular complexity index is 432. The van der Waals surface area contributed by atoms with Gasteiger partial charge in [-0.05, 0) is 25.2 Å². The summed E-state index contributed by atoms with van der Waals surface area (Å²) < 4.78 is 0. The van der Waals surface area contributed by atoms with Crippen molar-refractivity contribution in [3.63, 3.8) is 0 Å². The normalized spacial score (nSPS) is 27.4. The molecule has 3 N–H and O–H groups in total. The lowest BCUT2D eigenvalue weighted by Crippen LogP contribution is -2.45. The summed E-state index contributed by atoms with van der Waals surface area (Å²) in [4.78, 5) is 36.1. The number of imide groups is 1. The molecule has 1 aliphatic heterocycles. The minimum absolute atomic E-state index is 0. The quantitative estimate of drug-likeness (QED) is 0.712. The number of rotatable bonds is 4. The summed E-state index contributed by atoms with van der Waals surface area (Å²) in [7, 11) is 1.44. The third-order valence-corrected chi connectivity index (χ3v) is 4.58. The van der Waals surface area contributed by atoms with E-state index in [4.69, 9.17) is 0 Å². The Balaban J connectivity index is 0.00000242. The van der Waals surface area contributed by atoms with E-state index in [1.165, 1.54) is 13.5 Å². The first-order valence-electron chi connectivity index (χ1n) is 7.53. The van der Waals surface area contributed by atoms with Gasteiger partial charge in [-0.1, -0.05) is 12.8 Å². The van der Waals surface area contributed by atoms with Gasteiger partial charge in [0, 0.05) is 26.1 Å². The number of urea groups is 1. The smallest absolute Gasteiger partial charge is 0.321 e. The molecule has 3 atom stereocenters. The number of hydrogen-bond donors (Lipinski definition) is 3. The first-order chi connectivity index (χ1) is 10.0. The van der Waals surface area contributed by atoms with Crippen LogP contribution in [-0.4, -0.2) is 53.6 Å². The highest BCUT2D eigenvalue weighted by Crippen LogP contribution is 2.39. The van der Waals surface area contributed by atoms with Crippen LogP contribution in [-0.2, 0) is 9.59 Å². The van der Waals surface area contributed by atoms with Gasteiger partial charge in [-0.15, -0.1) is 12.4 Å². The molecule has 22 heavy (non-hydrogen) atoms. The van der Waals surface area contributed by atoms with Gasteiger partial charge in [0.1, 0.15) is 6.04 Å². The van der Waals surface area contributed by atoms with Crippen LogP contribution >= 0.6 is 12.4 Å². The van der Waals surface area contributed by atoms with Crippen molar-refractivity contribution in [1.29, 1.82) is 0 Å². The molecule has 0 aromatic rings. The van der Waals surface area contributed by atoms with E-state index in [0.29, 0.717) is 18.9 Å². The molecule has 0 bridgehead atoms. The maximum atomic E-state index is 11.7. The molecule has 0 radical (unpaired) electrons. The van der Waals surface area contributed by atoms with E-state index in [9.17, 15) is 19.5 Å². The summed E-state index contributed by atoms with van der Waals surface area (Å²) in [6.45, 7) is 0.390. The SMILES string of the molecule is CNC(=O)NC(=O)CCN1C(C(=O)O)CC2CCCCC21.Cl. The van der Waals surface area contributed by atoms with Gasteiger partial charge in [0.05, 0.1) is 0 Å². The van der Waals surface area contributed by atoms with Crippen molar-refractivity contribution in [2.75, 3.05) is 13.6 Å². The molecule has 2 rings (SSSR count). The van der Waals surface area contributed by atoms with Gasteiger partial charge in [0.25, 0.3) is 0 Å². The van der Waals surface area contributed by atoms with Crippen LogP contribution in [0.4, 0.5) is 4.79 Å². The number of carbonyl (C=O) groups is 3. The number of likely N-dealkylation sites (tertiary alicyclic amines) is 1. The standard InChI is InChI=1S/C14H23N3O4.ClH/c1-15-14(21)16-12(18)6-7-17-10-5-3-2-4-9(10)8-11(17)13(19)20;/h9-11H,2-8H2,1H3,(H,19,20)(H2,15,16,18,21);1H. The van der Waals surface area contributed by atoms with Crippen LogP contribution in [0.25, 0.3) is 0 Å². The van der Waals surface area contributed by atoms with Crippen molar-refractivity contribution in [2.45, 2.75) is 50.6 Å². The van der Waals surface area contributed by atoms with Crippen molar-refractivity contribution in [3.05, 3.63) is 0 Å².